The number of benzene rings is 1. The van der Waals surface area contributed by atoms with Gasteiger partial charge in [0.2, 0.25) is 0 Å². The maximum absolute atomic E-state index is 3.01. The second kappa shape index (κ2) is 6.52. The summed E-state index contributed by atoms with van der Waals surface area (Å²) in [6, 6.07) is 11.2. The van der Waals surface area contributed by atoms with E-state index in [2.05, 4.69) is 25.1 Å². The first kappa shape index (κ1) is 10.8. The third-order valence-corrected chi connectivity index (χ3v) is 1.61. The van der Waals surface area contributed by atoms with Gasteiger partial charge in [-0.25, -0.2) is 0 Å². The summed E-state index contributed by atoms with van der Waals surface area (Å²) in [4.78, 5) is 0. The SMILES string of the molecule is CCCCc1cc[c-]cc1.[Li+]. The second-order valence-corrected chi connectivity index (χ2v) is 2.51. The average molecular weight is 140 g/mol. The summed E-state index contributed by atoms with van der Waals surface area (Å²) in [5.41, 5.74) is 1.43. The normalized spacial score (nSPS) is 8.82. The van der Waals surface area contributed by atoms with Crippen LogP contribution >= 0.6 is 0 Å². The Labute approximate surface area is 81.2 Å². The largest absolute Gasteiger partial charge is 1.00 e. The minimum Gasteiger partial charge on any atom is -0.184 e. The zero-order chi connectivity index (χ0) is 7.23. The van der Waals surface area contributed by atoms with Crippen molar-refractivity contribution in [3.8, 4) is 0 Å². The van der Waals surface area contributed by atoms with Gasteiger partial charge in [-0.2, -0.15) is 35.9 Å². The first-order valence-corrected chi connectivity index (χ1v) is 3.88. The minimum atomic E-state index is 0. The van der Waals surface area contributed by atoms with Crippen LogP contribution in [0.4, 0.5) is 0 Å². The number of aryl methyl sites for hydroxylation is 1. The van der Waals surface area contributed by atoms with Crippen LogP contribution in [0.3, 0.4) is 0 Å². The molecule has 0 saturated heterocycles. The van der Waals surface area contributed by atoms with E-state index in [1.807, 2.05) is 12.1 Å². The molecular formula is C10H13Li. The summed E-state index contributed by atoms with van der Waals surface area (Å²) >= 11 is 0. The molecule has 0 heterocycles. The van der Waals surface area contributed by atoms with E-state index in [9.17, 15) is 0 Å². The molecule has 0 atom stereocenters. The van der Waals surface area contributed by atoms with Gasteiger partial charge >= 0.3 is 18.9 Å². The van der Waals surface area contributed by atoms with Crippen LogP contribution in [0.25, 0.3) is 0 Å². The van der Waals surface area contributed by atoms with Crippen LogP contribution in [0.2, 0.25) is 0 Å². The standard InChI is InChI=1S/C10H13.Li/c1-2-3-7-10-8-5-4-6-9-10;/h5-6,8-9H,2-3,7H2,1H3;/q-1;+1. The summed E-state index contributed by atoms with van der Waals surface area (Å²) < 4.78 is 0. The topological polar surface area (TPSA) is 0 Å². The van der Waals surface area contributed by atoms with Crippen molar-refractivity contribution >= 4 is 0 Å². The Morgan fingerprint density at radius 1 is 1.27 bits per heavy atom. The maximum atomic E-state index is 3.01. The monoisotopic (exact) mass is 140 g/mol. The molecule has 0 aromatic heterocycles. The first-order valence-electron chi connectivity index (χ1n) is 3.88. The van der Waals surface area contributed by atoms with E-state index in [0.717, 1.165) is 0 Å². The van der Waals surface area contributed by atoms with Gasteiger partial charge < -0.3 is 0 Å². The average Bonchev–Trinajstić information content (AvgIpc) is 2.03. The predicted octanol–water partition coefficient (Wildman–Crippen LogP) is -0.167. The van der Waals surface area contributed by atoms with E-state index in [-0.39, 0.29) is 18.9 Å². The molecule has 0 fully saturated rings. The van der Waals surface area contributed by atoms with Gasteiger partial charge in [-0.1, -0.05) is 26.2 Å². The van der Waals surface area contributed by atoms with E-state index in [1.165, 1.54) is 24.8 Å². The van der Waals surface area contributed by atoms with Gasteiger partial charge in [0.15, 0.2) is 0 Å². The van der Waals surface area contributed by atoms with Crippen molar-refractivity contribution in [3.63, 3.8) is 0 Å². The zero-order valence-electron chi connectivity index (χ0n) is 7.43. The van der Waals surface area contributed by atoms with E-state index in [4.69, 9.17) is 0 Å². The molecule has 0 nitrogen and oxygen atoms in total. The predicted molar refractivity (Wildman–Crippen MR) is 43.9 cm³/mol. The molecule has 1 aromatic carbocycles. The molecule has 0 unspecified atom stereocenters. The molecule has 0 aliphatic heterocycles. The Hall–Kier alpha value is -0.183. The van der Waals surface area contributed by atoms with Crippen molar-refractivity contribution in [2.45, 2.75) is 26.2 Å². The van der Waals surface area contributed by atoms with Crippen molar-refractivity contribution < 1.29 is 18.9 Å². The van der Waals surface area contributed by atoms with Gasteiger partial charge in [0.1, 0.15) is 0 Å². The van der Waals surface area contributed by atoms with Crippen molar-refractivity contribution in [1.82, 2.24) is 0 Å². The van der Waals surface area contributed by atoms with Crippen molar-refractivity contribution in [1.29, 1.82) is 0 Å². The number of hydrogen-bond acceptors (Lipinski definition) is 0. The molecule has 0 aliphatic carbocycles. The molecule has 0 aliphatic rings. The van der Waals surface area contributed by atoms with Crippen molar-refractivity contribution in [3.05, 3.63) is 35.9 Å². The zero-order valence-corrected chi connectivity index (χ0v) is 7.43. The Balaban J connectivity index is 0.000001000. The fraction of sp³-hybridized carbons (Fsp3) is 0.400. The summed E-state index contributed by atoms with van der Waals surface area (Å²) in [5, 5.41) is 0. The van der Waals surface area contributed by atoms with Gasteiger partial charge in [0.25, 0.3) is 0 Å². The molecule has 0 bridgehead atoms. The molecule has 0 amide bonds. The first-order chi connectivity index (χ1) is 4.93. The summed E-state index contributed by atoms with van der Waals surface area (Å²) in [7, 11) is 0. The van der Waals surface area contributed by atoms with Crippen LogP contribution in [0.1, 0.15) is 25.3 Å². The second-order valence-electron chi connectivity index (χ2n) is 2.51. The molecule has 11 heavy (non-hydrogen) atoms. The Morgan fingerprint density at radius 3 is 2.45 bits per heavy atom. The van der Waals surface area contributed by atoms with Gasteiger partial charge in [0.05, 0.1) is 0 Å². The van der Waals surface area contributed by atoms with Crippen molar-refractivity contribution in [2.24, 2.45) is 0 Å². The van der Waals surface area contributed by atoms with Gasteiger partial charge in [-0.05, 0) is 0 Å². The fourth-order valence-electron chi connectivity index (χ4n) is 0.969. The summed E-state index contributed by atoms with van der Waals surface area (Å²) in [6.07, 6.45) is 3.79. The fourth-order valence-corrected chi connectivity index (χ4v) is 0.969. The van der Waals surface area contributed by atoms with E-state index < -0.39 is 0 Å². The molecule has 54 valence electrons. The molecule has 1 rings (SSSR count). The van der Waals surface area contributed by atoms with Crippen LogP contribution in [0.15, 0.2) is 24.3 Å². The Morgan fingerprint density at radius 2 is 1.91 bits per heavy atom. The number of rotatable bonds is 3. The van der Waals surface area contributed by atoms with Crippen LogP contribution in [0, 0.1) is 6.07 Å². The third kappa shape index (κ3) is 4.30. The molecule has 0 radical (unpaired) electrons. The van der Waals surface area contributed by atoms with Gasteiger partial charge in [0, 0.05) is 0 Å². The molecule has 1 heteroatoms. The van der Waals surface area contributed by atoms with Crippen LogP contribution in [-0.2, 0) is 6.42 Å². The van der Waals surface area contributed by atoms with Crippen LogP contribution in [0.5, 0.6) is 0 Å². The Bertz CT molecular complexity index is 169. The quantitative estimate of drug-likeness (QED) is 0.404. The Kier molecular flexibility index (Phi) is 6.41. The van der Waals surface area contributed by atoms with Gasteiger partial charge in [-0.15, -0.1) is 0 Å². The van der Waals surface area contributed by atoms with E-state index in [1.54, 1.807) is 0 Å². The molecular weight excluding hydrogens is 127 g/mol. The van der Waals surface area contributed by atoms with Crippen molar-refractivity contribution in [2.75, 3.05) is 0 Å². The van der Waals surface area contributed by atoms with Crippen LogP contribution < -0.4 is 18.9 Å². The molecule has 0 saturated carbocycles. The molecule has 0 N–H and O–H groups in total. The minimum absolute atomic E-state index is 0. The number of unbranched alkanes of at least 4 members (excludes halogenated alkanes) is 1. The van der Waals surface area contributed by atoms with Gasteiger partial charge in [-0.3, -0.25) is 0 Å². The van der Waals surface area contributed by atoms with E-state index in [0.29, 0.717) is 0 Å². The summed E-state index contributed by atoms with van der Waals surface area (Å²) in [6.45, 7) is 2.22. The van der Waals surface area contributed by atoms with E-state index >= 15 is 0 Å². The maximum Gasteiger partial charge on any atom is 1.00 e. The third-order valence-electron chi connectivity index (χ3n) is 1.61. The molecule has 0 spiro atoms. The number of hydrogen-bond donors (Lipinski definition) is 0. The summed E-state index contributed by atoms with van der Waals surface area (Å²) in [5.74, 6) is 0. The smallest absolute Gasteiger partial charge is 0.184 e. The van der Waals surface area contributed by atoms with Crippen LogP contribution in [-0.4, -0.2) is 0 Å². The molecule has 1 aromatic rings.